The first-order chi connectivity index (χ1) is 7.75. The summed E-state index contributed by atoms with van der Waals surface area (Å²) in [6.45, 7) is 3.99. The second-order valence-corrected chi connectivity index (χ2v) is 6.16. The molecule has 5 heteroatoms. The Hall–Kier alpha value is -1.45. The Kier molecular flexibility index (Phi) is 2.16. The summed E-state index contributed by atoms with van der Waals surface area (Å²) in [7, 11) is 0. The fourth-order valence-electron chi connectivity index (χ4n) is 1.60. The SMILES string of the molecule is CC1=NO[Se]2=C1C(c1ccc(C)cc1)=NO2. The van der Waals surface area contributed by atoms with Crippen LogP contribution in [0.5, 0.6) is 0 Å². The van der Waals surface area contributed by atoms with Gasteiger partial charge in [-0.25, -0.2) is 0 Å². The molecule has 1 aromatic rings. The van der Waals surface area contributed by atoms with E-state index in [-0.39, 0.29) is 0 Å². The van der Waals surface area contributed by atoms with Gasteiger partial charge in [-0.15, -0.1) is 0 Å². The van der Waals surface area contributed by atoms with E-state index in [1.54, 1.807) is 0 Å². The van der Waals surface area contributed by atoms with Gasteiger partial charge in [0.05, 0.1) is 0 Å². The van der Waals surface area contributed by atoms with Crippen LogP contribution in [0.25, 0.3) is 0 Å². The molecule has 0 spiro atoms. The van der Waals surface area contributed by atoms with Crippen LogP contribution >= 0.6 is 0 Å². The van der Waals surface area contributed by atoms with Gasteiger partial charge in [0.25, 0.3) is 0 Å². The minimum atomic E-state index is -1.69. The van der Waals surface area contributed by atoms with Gasteiger partial charge < -0.3 is 0 Å². The van der Waals surface area contributed by atoms with Crippen LogP contribution in [0.1, 0.15) is 18.1 Å². The monoisotopic (exact) mass is 282 g/mol. The van der Waals surface area contributed by atoms with Crippen LogP contribution in [-0.2, 0) is 7.84 Å². The molecule has 0 aromatic heterocycles. The van der Waals surface area contributed by atoms with Crippen molar-refractivity contribution in [1.82, 2.24) is 0 Å². The van der Waals surface area contributed by atoms with Crippen LogP contribution in [0.3, 0.4) is 0 Å². The van der Waals surface area contributed by atoms with E-state index >= 15 is 0 Å². The molecule has 0 aliphatic carbocycles. The van der Waals surface area contributed by atoms with Crippen LogP contribution in [0, 0.1) is 6.92 Å². The number of nitrogens with zero attached hydrogens (tertiary/aromatic N) is 2. The summed E-state index contributed by atoms with van der Waals surface area (Å²) >= 11 is -1.69. The first kappa shape index (κ1) is 9.75. The number of aryl methyl sites for hydroxylation is 1. The predicted octanol–water partition coefficient (Wildman–Crippen LogP) is 1.38. The van der Waals surface area contributed by atoms with Gasteiger partial charge in [0, 0.05) is 0 Å². The second kappa shape index (κ2) is 3.54. The van der Waals surface area contributed by atoms with E-state index < -0.39 is 14.1 Å². The Labute approximate surface area is 97.6 Å². The van der Waals surface area contributed by atoms with Gasteiger partial charge in [-0.2, -0.15) is 0 Å². The topological polar surface area (TPSA) is 43.2 Å². The van der Waals surface area contributed by atoms with Gasteiger partial charge in [0.15, 0.2) is 0 Å². The van der Waals surface area contributed by atoms with Crippen LogP contribution in [-0.4, -0.2) is 30.0 Å². The number of hydrogen-bond acceptors (Lipinski definition) is 4. The van der Waals surface area contributed by atoms with Crippen molar-refractivity contribution in [3.05, 3.63) is 35.4 Å². The third-order valence-corrected chi connectivity index (χ3v) is 5.08. The molecule has 2 aliphatic heterocycles. The Morgan fingerprint density at radius 1 is 1.00 bits per heavy atom. The van der Waals surface area contributed by atoms with E-state index in [9.17, 15) is 0 Å². The van der Waals surface area contributed by atoms with Crippen LogP contribution in [0.2, 0.25) is 0 Å². The molecule has 2 heterocycles. The zero-order valence-electron chi connectivity index (χ0n) is 8.93. The summed E-state index contributed by atoms with van der Waals surface area (Å²) in [6, 6.07) is 8.22. The van der Waals surface area contributed by atoms with Crippen molar-refractivity contribution in [2.24, 2.45) is 10.3 Å². The van der Waals surface area contributed by atoms with Gasteiger partial charge in [-0.1, -0.05) is 0 Å². The molecule has 1 atom stereocenters. The molecule has 0 radical (unpaired) electrons. The van der Waals surface area contributed by atoms with Crippen molar-refractivity contribution >= 4 is 30.0 Å². The first-order valence-corrected chi connectivity index (χ1v) is 7.18. The normalized spacial score (nSPS) is 22.1. The average molecular weight is 281 g/mol. The standard InChI is InChI=1S/C11H10N2O2Se/c1-7-3-5-9(6-4-7)10-11-8(2)12-14-16(11)15-13-10/h3-6H,1-2H3. The van der Waals surface area contributed by atoms with E-state index in [1.165, 1.54) is 5.56 Å². The summed E-state index contributed by atoms with van der Waals surface area (Å²) in [5, 5.41) is 8.04. The molecule has 1 aromatic carbocycles. The Balaban J connectivity index is 2.03. The van der Waals surface area contributed by atoms with E-state index in [4.69, 9.17) is 7.84 Å². The fourth-order valence-corrected chi connectivity index (χ4v) is 3.88. The van der Waals surface area contributed by atoms with Gasteiger partial charge in [-0.05, 0) is 0 Å². The van der Waals surface area contributed by atoms with Gasteiger partial charge in [0.2, 0.25) is 0 Å². The van der Waals surface area contributed by atoms with Crippen molar-refractivity contribution in [2.45, 2.75) is 13.8 Å². The van der Waals surface area contributed by atoms with Crippen LogP contribution in [0.15, 0.2) is 34.6 Å². The molecule has 0 fully saturated rings. The summed E-state index contributed by atoms with van der Waals surface area (Å²) < 4.78 is 11.5. The molecular formula is C11H10N2O2Se. The zero-order chi connectivity index (χ0) is 11.1. The van der Waals surface area contributed by atoms with Crippen molar-refractivity contribution < 1.29 is 7.84 Å². The quantitative estimate of drug-likeness (QED) is 0.730. The number of oxime groups is 2. The third kappa shape index (κ3) is 1.40. The summed E-state index contributed by atoms with van der Waals surface area (Å²) in [5.41, 5.74) is 4.06. The molecule has 0 bridgehead atoms. The summed E-state index contributed by atoms with van der Waals surface area (Å²) in [5.74, 6) is 0. The van der Waals surface area contributed by atoms with E-state index in [1.807, 2.05) is 19.1 Å². The van der Waals surface area contributed by atoms with Gasteiger partial charge >= 0.3 is 97.4 Å². The molecule has 4 nitrogen and oxygen atoms in total. The predicted molar refractivity (Wildman–Crippen MR) is 63.8 cm³/mol. The molecule has 0 saturated heterocycles. The average Bonchev–Trinajstić information content (AvgIpc) is 2.84. The Morgan fingerprint density at radius 2 is 1.69 bits per heavy atom. The first-order valence-electron chi connectivity index (χ1n) is 4.92. The van der Waals surface area contributed by atoms with E-state index in [2.05, 4.69) is 29.4 Å². The fraction of sp³-hybridized carbons (Fsp3) is 0.182. The minimum absolute atomic E-state index is 0.878. The van der Waals surface area contributed by atoms with Gasteiger partial charge in [-0.3, -0.25) is 0 Å². The maximum atomic E-state index is 5.28. The number of hydrogen-bond donors (Lipinski definition) is 0. The zero-order valence-corrected chi connectivity index (χ0v) is 10.6. The number of benzene rings is 1. The molecule has 82 valence electrons. The molecule has 1 unspecified atom stereocenters. The molecule has 16 heavy (non-hydrogen) atoms. The summed E-state index contributed by atoms with van der Waals surface area (Å²) in [6.07, 6.45) is 0. The van der Waals surface area contributed by atoms with Crippen molar-refractivity contribution in [1.29, 1.82) is 0 Å². The van der Waals surface area contributed by atoms with Crippen molar-refractivity contribution in [2.75, 3.05) is 0 Å². The second-order valence-electron chi connectivity index (χ2n) is 3.70. The van der Waals surface area contributed by atoms with Crippen molar-refractivity contribution in [3.8, 4) is 0 Å². The van der Waals surface area contributed by atoms with Gasteiger partial charge in [0.1, 0.15) is 0 Å². The number of rotatable bonds is 1. The molecule has 3 rings (SSSR count). The van der Waals surface area contributed by atoms with Crippen molar-refractivity contribution in [3.63, 3.8) is 0 Å². The molecular weight excluding hydrogens is 271 g/mol. The maximum absolute atomic E-state index is 5.28. The van der Waals surface area contributed by atoms with Crippen LogP contribution < -0.4 is 0 Å². The molecule has 0 saturated carbocycles. The molecule has 0 amide bonds. The van der Waals surface area contributed by atoms with E-state index in [0.29, 0.717) is 0 Å². The van der Waals surface area contributed by atoms with Crippen LogP contribution in [0.4, 0.5) is 0 Å². The molecule has 2 aliphatic rings. The summed E-state index contributed by atoms with van der Waals surface area (Å²) in [4.78, 5) is 0. The molecule has 0 N–H and O–H groups in total. The third-order valence-electron chi connectivity index (χ3n) is 2.47. The Bertz CT molecular complexity index is 544. The Morgan fingerprint density at radius 3 is 2.44 bits per heavy atom. The van der Waals surface area contributed by atoms with E-state index in [0.717, 1.165) is 21.4 Å².